The Morgan fingerprint density at radius 1 is 1.05 bits per heavy atom. The van der Waals surface area contributed by atoms with E-state index in [1.165, 1.54) is 18.3 Å². The normalized spacial score (nSPS) is 11.7. The molecule has 110 valence electrons. The number of nitrogens with one attached hydrogen (secondary N) is 1. The van der Waals surface area contributed by atoms with Gasteiger partial charge in [-0.2, -0.15) is 13.5 Å². The summed E-state index contributed by atoms with van der Waals surface area (Å²) in [7, 11) is -3.68. The quantitative estimate of drug-likeness (QED) is 0.451. The fourth-order valence-corrected chi connectivity index (χ4v) is 2.51. The van der Waals surface area contributed by atoms with Gasteiger partial charge in [0.2, 0.25) is 0 Å². The van der Waals surface area contributed by atoms with Crippen LogP contribution in [0.3, 0.4) is 0 Å². The molecule has 7 heteroatoms. The summed E-state index contributed by atoms with van der Waals surface area (Å²) in [5, 5.41) is 3.72. The molecule has 6 nitrogen and oxygen atoms in total. The molecule has 0 saturated heterocycles. The lowest BCUT2D eigenvalue weighted by Gasteiger charge is -2.04. The van der Waals surface area contributed by atoms with Crippen LogP contribution in [0.15, 0.2) is 52.5 Å². The number of hydrogen-bond donors (Lipinski definition) is 3. The number of hydrogen-bond acceptors (Lipinski definition) is 5. The number of sulfonamides is 1. The van der Waals surface area contributed by atoms with Crippen LogP contribution in [0.25, 0.3) is 0 Å². The Hall–Kier alpha value is -2.54. The molecule has 0 bridgehead atoms. The Labute approximate surface area is 123 Å². The van der Waals surface area contributed by atoms with Crippen molar-refractivity contribution >= 4 is 27.6 Å². The molecule has 0 aromatic heterocycles. The van der Waals surface area contributed by atoms with Crippen molar-refractivity contribution < 1.29 is 8.42 Å². The molecule has 0 heterocycles. The number of rotatable bonds is 4. The minimum Gasteiger partial charge on any atom is -0.399 e. The summed E-state index contributed by atoms with van der Waals surface area (Å²) in [5.74, 6) is 0. The molecule has 0 aliphatic heterocycles. The van der Waals surface area contributed by atoms with Crippen LogP contribution in [-0.4, -0.2) is 14.6 Å². The molecule has 0 atom stereocenters. The predicted octanol–water partition coefficient (Wildman–Crippen LogP) is 1.47. The molecule has 0 aliphatic rings. The maximum Gasteiger partial charge on any atom is 0.276 e. The zero-order valence-corrected chi connectivity index (χ0v) is 12.3. The third kappa shape index (κ3) is 3.96. The Bertz CT molecular complexity index is 748. The summed E-state index contributed by atoms with van der Waals surface area (Å²) in [6.07, 6.45) is 1.35. The SMILES string of the molecule is Cc1ccc(S(=O)(=O)N/N=C/c2cc(N)cc(N)c2)cc1. The third-order valence-electron chi connectivity index (χ3n) is 2.72. The molecule has 0 saturated carbocycles. The van der Waals surface area contributed by atoms with Crippen LogP contribution in [0, 0.1) is 6.92 Å². The highest BCUT2D eigenvalue weighted by Gasteiger charge is 2.11. The van der Waals surface area contributed by atoms with Crippen molar-refractivity contribution in [3.05, 3.63) is 53.6 Å². The van der Waals surface area contributed by atoms with E-state index in [0.717, 1.165) is 5.56 Å². The number of aryl methyl sites for hydroxylation is 1. The summed E-state index contributed by atoms with van der Waals surface area (Å²) in [4.78, 5) is 2.29. The summed E-state index contributed by atoms with van der Waals surface area (Å²) < 4.78 is 24.0. The predicted molar refractivity (Wildman–Crippen MR) is 84.4 cm³/mol. The fraction of sp³-hybridized carbons (Fsp3) is 0.0714. The summed E-state index contributed by atoms with van der Waals surface area (Å²) in [6.45, 7) is 1.88. The minimum absolute atomic E-state index is 0.150. The standard InChI is InChI=1S/C14H16N4O2S/c1-10-2-4-14(5-3-10)21(19,20)18-17-9-11-6-12(15)8-13(16)7-11/h2-9,18H,15-16H2,1H3/b17-9+. The van der Waals surface area contributed by atoms with Gasteiger partial charge in [-0.3, -0.25) is 0 Å². The number of hydrazone groups is 1. The zero-order chi connectivity index (χ0) is 15.5. The molecule has 0 radical (unpaired) electrons. The van der Waals surface area contributed by atoms with Crippen molar-refractivity contribution in [2.75, 3.05) is 11.5 Å². The van der Waals surface area contributed by atoms with Crippen LogP contribution >= 0.6 is 0 Å². The first-order valence-electron chi connectivity index (χ1n) is 6.14. The van der Waals surface area contributed by atoms with Gasteiger partial charge in [-0.05, 0) is 42.8 Å². The van der Waals surface area contributed by atoms with Gasteiger partial charge < -0.3 is 11.5 Å². The molecule has 0 aliphatic carbocycles. The van der Waals surface area contributed by atoms with Crippen LogP contribution in [0.4, 0.5) is 11.4 Å². The molecule has 0 fully saturated rings. The maximum atomic E-state index is 12.0. The van der Waals surface area contributed by atoms with Crippen LogP contribution < -0.4 is 16.3 Å². The largest absolute Gasteiger partial charge is 0.399 e. The average Bonchev–Trinajstić information content (AvgIpc) is 2.37. The molecule has 0 amide bonds. The van der Waals surface area contributed by atoms with E-state index in [-0.39, 0.29) is 4.90 Å². The van der Waals surface area contributed by atoms with Gasteiger partial charge >= 0.3 is 0 Å². The van der Waals surface area contributed by atoms with Crippen LogP contribution in [0.5, 0.6) is 0 Å². The van der Waals surface area contributed by atoms with Crippen molar-refractivity contribution in [1.82, 2.24) is 4.83 Å². The van der Waals surface area contributed by atoms with E-state index < -0.39 is 10.0 Å². The van der Waals surface area contributed by atoms with Crippen LogP contribution in [-0.2, 0) is 10.0 Å². The Balaban J connectivity index is 2.14. The van der Waals surface area contributed by atoms with Crippen molar-refractivity contribution in [2.45, 2.75) is 11.8 Å². The number of nitrogen functional groups attached to an aromatic ring is 2. The van der Waals surface area contributed by atoms with E-state index in [4.69, 9.17) is 11.5 Å². The van der Waals surface area contributed by atoms with Crippen LogP contribution in [0.2, 0.25) is 0 Å². The first-order valence-corrected chi connectivity index (χ1v) is 7.63. The molecule has 2 aromatic carbocycles. The van der Waals surface area contributed by atoms with E-state index in [1.54, 1.807) is 30.3 Å². The minimum atomic E-state index is -3.68. The monoisotopic (exact) mass is 304 g/mol. The van der Waals surface area contributed by atoms with Gasteiger partial charge in [-0.15, -0.1) is 0 Å². The van der Waals surface area contributed by atoms with Gasteiger partial charge in [0.25, 0.3) is 10.0 Å². The lowest BCUT2D eigenvalue weighted by Crippen LogP contribution is -2.18. The van der Waals surface area contributed by atoms with E-state index in [9.17, 15) is 8.42 Å². The second-order valence-corrected chi connectivity index (χ2v) is 6.26. The Kier molecular flexibility index (Phi) is 4.13. The molecular formula is C14H16N4O2S. The first kappa shape index (κ1) is 14.9. The Morgan fingerprint density at radius 2 is 1.62 bits per heavy atom. The highest BCUT2D eigenvalue weighted by molar-refractivity contribution is 7.89. The van der Waals surface area contributed by atoms with Gasteiger partial charge in [0, 0.05) is 11.4 Å². The number of nitrogens with two attached hydrogens (primary N) is 2. The fourth-order valence-electron chi connectivity index (χ4n) is 1.72. The van der Waals surface area contributed by atoms with Crippen molar-refractivity contribution in [3.63, 3.8) is 0 Å². The van der Waals surface area contributed by atoms with Crippen LogP contribution in [0.1, 0.15) is 11.1 Å². The smallest absolute Gasteiger partial charge is 0.276 e. The Morgan fingerprint density at radius 3 is 2.19 bits per heavy atom. The molecule has 21 heavy (non-hydrogen) atoms. The number of anilines is 2. The van der Waals surface area contributed by atoms with E-state index >= 15 is 0 Å². The highest BCUT2D eigenvalue weighted by atomic mass is 32.2. The van der Waals surface area contributed by atoms with Crippen molar-refractivity contribution in [3.8, 4) is 0 Å². The van der Waals surface area contributed by atoms with Crippen molar-refractivity contribution in [2.24, 2.45) is 5.10 Å². The summed E-state index contributed by atoms with van der Waals surface area (Å²) in [5.41, 5.74) is 13.8. The molecule has 2 rings (SSSR count). The molecular weight excluding hydrogens is 288 g/mol. The van der Waals surface area contributed by atoms with Gasteiger partial charge in [0.05, 0.1) is 11.1 Å². The molecule has 0 unspecified atom stereocenters. The zero-order valence-electron chi connectivity index (χ0n) is 11.4. The number of nitrogens with zero attached hydrogens (tertiary/aromatic N) is 1. The topological polar surface area (TPSA) is 111 Å². The van der Waals surface area contributed by atoms with Gasteiger partial charge in [0.15, 0.2) is 0 Å². The van der Waals surface area contributed by atoms with Gasteiger partial charge in [0.1, 0.15) is 0 Å². The van der Waals surface area contributed by atoms with Gasteiger partial charge in [-0.1, -0.05) is 17.7 Å². The lowest BCUT2D eigenvalue weighted by molar-refractivity contribution is 0.584. The maximum absolute atomic E-state index is 12.0. The highest BCUT2D eigenvalue weighted by Crippen LogP contribution is 2.12. The second-order valence-electron chi connectivity index (χ2n) is 4.60. The third-order valence-corrected chi connectivity index (χ3v) is 3.96. The summed E-state index contributed by atoms with van der Waals surface area (Å²) >= 11 is 0. The lowest BCUT2D eigenvalue weighted by atomic mass is 10.2. The average molecular weight is 304 g/mol. The summed E-state index contributed by atoms with van der Waals surface area (Å²) in [6, 6.07) is 11.4. The molecule has 2 aromatic rings. The number of benzene rings is 2. The van der Waals surface area contributed by atoms with E-state index in [0.29, 0.717) is 16.9 Å². The van der Waals surface area contributed by atoms with E-state index in [1.807, 2.05) is 6.92 Å². The first-order chi connectivity index (χ1) is 9.87. The molecule has 0 spiro atoms. The van der Waals surface area contributed by atoms with Crippen molar-refractivity contribution in [1.29, 1.82) is 0 Å². The van der Waals surface area contributed by atoms with E-state index in [2.05, 4.69) is 9.93 Å². The van der Waals surface area contributed by atoms with Gasteiger partial charge in [-0.25, -0.2) is 4.83 Å². The molecule has 5 N–H and O–H groups in total. The second kappa shape index (κ2) is 5.84.